The van der Waals surface area contributed by atoms with Gasteiger partial charge < -0.3 is 20.5 Å². The molecule has 2 atom stereocenters. The second-order valence-electron chi connectivity index (χ2n) is 6.35. The minimum Gasteiger partial charge on any atom is -0.377 e. The number of nitrogens with two attached hydrogens (primary N) is 1. The van der Waals surface area contributed by atoms with Crippen LogP contribution in [0, 0.1) is 5.92 Å². The highest BCUT2D eigenvalue weighted by Crippen LogP contribution is 2.11. The lowest BCUT2D eigenvalue weighted by Gasteiger charge is -2.15. The maximum atomic E-state index is 5.87. The standard InChI is InChI=1S/C16H33N3O2/c1-13(2)6-4-7-14(3)19-16(17)18-9-11-20-12-15-8-5-10-21-15/h13-15H,4-12H2,1-3H3,(H3,17,18,19). The highest BCUT2D eigenvalue weighted by molar-refractivity contribution is 5.78. The maximum Gasteiger partial charge on any atom is 0.188 e. The zero-order chi connectivity index (χ0) is 15.5. The van der Waals surface area contributed by atoms with Gasteiger partial charge in [0.05, 0.1) is 25.9 Å². The first-order valence-electron chi connectivity index (χ1n) is 8.33. The molecule has 124 valence electrons. The Hall–Kier alpha value is -0.810. The summed E-state index contributed by atoms with van der Waals surface area (Å²) in [4.78, 5) is 4.29. The molecule has 2 unspecified atom stereocenters. The molecule has 5 heteroatoms. The molecule has 3 N–H and O–H groups in total. The van der Waals surface area contributed by atoms with Crippen LogP contribution in [0.5, 0.6) is 0 Å². The van der Waals surface area contributed by atoms with Crippen molar-refractivity contribution in [2.24, 2.45) is 16.6 Å². The molecular weight excluding hydrogens is 266 g/mol. The van der Waals surface area contributed by atoms with Crippen molar-refractivity contribution in [2.75, 3.05) is 26.4 Å². The second-order valence-corrected chi connectivity index (χ2v) is 6.35. The van der Waals surface area contributed by atoms with Crippen LogP contribution in [0.2, 0.25) is 0 Å². The number of nitrogens with zero attached hydrogens (tertiary/aromatic N) is 1. The van der Waals surface area contributed by atoms with Gasteiger partial charge in [0.1, 0.15) is 0 Å². The number of rotatable bonds is 10. The number of hydrogen-bond acceptors (Lipinski definition) is 3. The predicted octanol–water partition coefficient (Wildman–Crippen LogP) is 2.30. The predicted molar refractivity (Wildman–Crippen MR) is 87.6 cm³/mol. The summed E-state index contributed by atoms with van der Waals surface area (Å²) in [5.74, 6) is 1.29. The molecule has 1 heterocycles. The van der Waals surface area contributed by atoms with Crippen LogP contribution in [0.25, 0.3) is 0 Å². The molecule has 1 saturated heterocycles. The molecule has 0 bridgehead atoms. The number of guanidine groups is 1. The first-order chi connectivity index (χ1) is 10.1. The molecule has 0 aliphatic carbocycles. The van der Waals surface area contributed by atoms with E-state index in [0.29, 0.717) is 31.8 Å². The zero-order valence-corrected chi connectivity index (χ0v) is 13.9. The average molecular weight is 299 g/mol. The minimum atomic E-state index is 0.283. The molecule has 0 amide bonds. The molecule has 0 aromatic carbocycles. The Morgan fingerprint density at radius 3 is 2.86 bits per heavy atom. The van der Waals surface area contributed by atoms with E-state index in [1.54, 1.807) is 0 Å². The molecule has 0 aromatic heterocycles. The van der Waals surface area contributed by atoms with Crippen molar-refractivity contribution in [1.82, 2.24) is 5.32 Å². The van der Waals surface area contributed by atoms with Gasteiger partial charge in [0.25, 0.3) is 0 Å². The molecule has 0 spiro atoms. The molecule has 5 nitrogen and oxygen atoms in total. The largest absolute Gasteiger partial charge is 0.377 e. The topological polar surface area (TPSA) is 68.9 Å². The van der Waals surface area contributed by atoms with Crippen molar-refractivity contribution in [3.05, 3.63) is 0 Å². The molecule has 0 radical (unpaired) electrons. The number of nitrogens with one attached hydrogen (secondary N) is 1. The quantitative estimate of drug-likeness (QED) is 0.369. The number of ether oxygens (including phenoxy) is 2. The van der Waals surface area contributed by atoms with Gasteiger partial charge in [-0.25, -0.2) is 0 Å². The van der Waals surface area contributed by atoms with Crippen LogP contribution >= 0.6 is 0 Å². The van der Waals surface area contributed by atoms with Crippen LogP contribution in [0.15, 0.2) is 4.99 Å². The minimum absolute atomic E-state index is 0.283. The Morgan fingerprint density at radius 1 is 1.38 bits per heavy atom. The van der Waals surface area contributed by atoms with Crippen LogP contribution in [0.3, 0.4) is 0 Å². The third kappa shape index (κ3) is 9.69. The summed E-state index contributed by atoms with van der Waals surface area (Å²) in [6, 6.07) is 0.375. The third-order valence-corrected chi connectivity index (χ3v) is 3.66. The summed E-state index contributed by atoms with van der Waals surface area (Å²) in [6.07, 6.45) is 6.16. The molecule has 1 aliphatic heterocycles. The second kappa shape index (κ2) is 10.9. The van der Waals surface area contributed by atoms with E-state index in [2.05, 4.69) is 31.1 Å². The van der Waals surface area contributed by atoms with Crippen molar-refractivity contribution < 1.29 is 9.47 Å². The summed E-state index contributed by atoms with van der Waals surface area (Å²) in [7, 11) is 0. The van der Waals surface area contributed by atoms with Gasteiger partial charge in [-0.2, -0.15) is 0 Å². The van der Waals surface area contributed by atoms with Crippen LogP contribution in [0.1, 0.15) is 52.9 Å². The van der Waals surface area contributed by atoms with Crippen molar-refractivity contribution >= 4 is 5.96 Å². The van der Waals surface area contributed by atoms with Gasteiger partial charge >= 0.3 is 0 Å². The lowest BCUT2D eigenvalue weighted by Crippen LogP contribution is -2.38. The maximum absolute atomic E-state index is 5.87. The molecule has 1 fully saturated rings. The number of aliphatic imine (C=N–C) groups is 1. The van der Waals surface area contributed by atoms with E-state index >= 15 is 0 Å². The lowest BCUT2D eigenvalue weighted by molar-refractivity contribution is 0.0200. The Bertz CT molecular complexity index is 289. The van der Waals surface area contributed by atoms with Gasteiger partial charge in [-0.05, 0) is 32.1 Å². The Balaban J connectivity index is 2.00. The first-order valence-corrected chi connectivity index (χ1v) is 8.33. The molecule has 0 aromatic rings. The van der Waals surface area contributed by atoms with Crippen LogP contribution in [-0.4, -0.2) is 44.5 Å². The van der Waals surface area contributed by atoms with Crippen molar-refractivity contribution in [3.63, 3.8) is 0 Å². The SMILES string of the molecule is CC(C)CCCC(C)NC(N)=NCCOCC1CCCO1. The van der Waals surface area contributed by atoms with Gasteiger partial charge in [-0.3, -0.25) is 4.99 Å². The van der Waals surface area contributed by atoms with Crippen molar-refractivity contribution in [3.8, 4) is 0 Å². The Kier molecular flexibility index (Phi) is 9.42. The molecule has 1 aliphatic rings. The molecular formula is C16H33N3O2. The molecule has 21 heavy (non-hydrogen) atoms. The van der Waals surface area contributed by atoms with Gasteiger partial charge in [-0.15, -0.1) is 0 Å². The van der Waals surface area contributed by atoms with Crippen molar-refractivity contribution in [2.45, 2.75) is 65.0 Å². The summed E-state index contributed by atoms with van der Waals surface area (Å²) >= 11 is 0. The fourth-order valence-electron chi connectivity index (χ4n) is 2.42. The lowest BCUT2D eigenvalue weighted by atomic mass is 10.0. The highest BCUT2D eigenvalue weighted by Gasteiger charge is 2.14. The van der Waals surface area contributed by atoms with Gasteiger partial charge in [-0.1, -0.05) is 26.7 Å². The van der Waals surface area contributed by atoms with E-state index < -0.39 is 0 Å². The fourth-order valence-corrected chi connectivity index (χ4v) is 2.42. The van der Waals surface area contributed by atoms with E-state index in [4.69, 9.17) is 15.2 Å². The normalized spacial score (nSPS) is 21.0. The highest BCUT2D eigenvalue weighted by atomic mass is 16.5. The van der Waals surface area contributed by atoms with E-state index in [1.807, 2.05) is 0 Å². The monoisotopic (exact) mass is 299 g/mol. The molecule has 1 rings (SSSR count). The third-order valence-electron chi connectivity index (χ3n) is 3.66. The van der Waals surface area contributed by atoms with Gasteiger partial charge in [0.2, 0.25) is 0 Å². The molecule has 0 saturated carbocycles. The van der Waals surface area contributed by atoms with E-state index in [1.165, 1.54) is 12.8 Å². The first kappa shape index (κ1) is 18.2. The van der Waals surface area contributed by atoms with Crippen LogP contribution < -0.4 is 11.1 Å². The summed E-state index contributed by atoms with van der Waals surface area (Å²) in [6.45, 7) is 9.41. The van der Waals surface area contributed by atoms with Crippen LogP contribution in [-0.2, 0) is 9.47 Å². The smallest absolute Gasteiger partial charge is 0.188 e. The van der Waals surface area contributed by atoms with Crippen LogP contribution in [0.4, 0.5) is 0 Å². The average Bonchev–Trinajstić information content (AvgIpc) is 2.91. The Labute approximate surface area is 129 Å². The van der Waals surface area contributed by atoms with Gasteiger partial charge in [0.15, 0.2) is 5.96 Å². The zero-order valence-electron chi connectivity index (χ0n) is 13.9. The van der Waals surface area contributed by atoms with E-state index in [-0.39, 0.29) is 6.10 Å². The Morgan fingerprint density at radius 2 is 2.19 bits per heavy atom. The van der Waals surface area contributed by atoms with Gasteiger partial charge in [0, 0.05) is 12.6 Å². The summed E-state index contributed by atoms with van der Waals surface area (Å²) < 4.78 is 11.0. The fraction of sp³-hybridized carbons (Fsp3) is 0.938. The summed E-state index contributed by atoms with van der Waals surface area (Å²) in [5.41, 5.74) is 5.87. The summed E-state index contributed by atoms with van der Waals surface area (Å²) in [5, 5.41) is 3.23. The van der Waals surface area contributed by atoms with Crippen molar-refractivity contribution in [1.29, 1.82) is 0 Å². The number of hydrogen-bond donors (Lipinski definition) is 2. The van der Waals surface area contributed by atoms with E-state index in [9.17, 15) is 0 Å². The van der Waals surface area contributed by atoms with E-state index in [0.717, 1.165) is 31.8 Å².